The number of esters is 1. The normalized spacial score (nSPS) is 14.2. The van der Waals surface area contributed by atoms with Gasteiger partial charge in [-0.1, -0.05) is 17.3 Å². The van der Waals surface area contributed by atoms with Crippen molar-refractivity contribution in [3.63, 3.8) is 0 Å². The summed E-state index contributed by atoms with van der Waals surface area (Å²) in [5.74, 6) is 0.776. The number of thiazole rings is 1. The van der Waals surface area contributed by atoms with Crippen LogP contribution in [0.25, 0.3) is 11.3 Å². The third-order valence-electron chi connectivity index (χ3n) is 4.94. The van der Waals surface area contributed by atoms with Crippen molar-refractivity contribution in [1.82, 2.24) is 10.1 Å². The smallest absolute Gasteiger partial charge is 0.311 e. The van der Waals surface area contributed by atoms with Crippen LogP contribution in [-0.4, -0.2) is 35.7 Å². The van der Waals surface area contributed by atoms with Crippen LogP contribution in [0.3, 0.4) is 0 Å². The lowest BCUT2D eigenvalue weighted by Gasteiger charge is -2.10. The van der Waals surface area contributed by atoms with Gasteiger partial charge in [0, 0.05) is 17.0 Å². The van der Waals surface area contributed by atoms with Gasteiger partial charge < -0.3 is 19.3 Å². The summed E-state index contributed by atoms with van der Waals surface area (Å²) in [5.41, 5.74) is 1.28. The van der Waals surface area contributed by atoms with E-state index in [1.54, 1.807) is 25.5 Å². The van der Waals surface area contributed by atoms with Crippen LogP contribution >= 0.6 is 11.3 Å². The number of methoxy groups -OCH3 is 1. The van der Waals surface area contributed by atoms with Gasteiger partial charge in [-0.2, -0.15) is 0 Å². The summed E-state index contributed by atoms with van der Waals surface area (Å²) in [6.07, 6.45) is 1.45. The molecule has 1 aliphatic rings. The van der Waals surface area contributed by atoms with E-state index in [9.17, 15) is 9.59 Å². The number of carbonyl (C=O) groups is 2. The molecule has 1 saturated carbocycles. The van der Waals surface area contributed by atoms with Gasteiger partial charge in [-0.3, -0.25) is 9.59 Å². The molecule has 2 aromatic heterocycles. The number of aromatic nitrogens is 2. The molecule has 1 fully saturated rings. The monoisotopic (exact) mass is 427 g/mol. The van der Waals surface area contributed by atoms with Crippen molar-refractivity contribution < 1.29 is 23.6 Å². The van der Waals surface area contributed by atoms with Crippen molar-refractivity contribution in [2.45, 2.75) is 31.6 Å². The van der Waals surface area contributed by atoms with Gasteiger partial charge in [0.25, 0.3) is 0 Å². The van der Waals surface area contributed by atoms with Gasteiger partial charge in [-0.15, -0.1) is 11.3 Å². The Morgan fingerprint density at radius 3 is 2.87 bits per heavy atom. The van der Waals surface area contributed by atoms with Crippen LogP contribution in [0.5, 0.6) is 5.75 Å². The topological polar surface area (TPSA) is 104 Å². The Kier molecular flexibility index (Phi) is 5.54. The van der Waals surface area contributed by atoms with E-state index in [-0.39, 0.29) is 18.3 Å². The van der Waals surface area contributed by atoms with Gasteiger partial charge in [0.1, 0.15) is 5.75 Å². The van der Waals surface area contributed by atoms with Crippen LogP contribution in [0, 0.1) is 0 Å². The lowest BCUT2D eigenvalue weighted by atomic mass is 10.0. The third-order valence-corrected chi connectivity index (χ3v) is 5.75. The number of benzene rings is 1. The van der Waals surface area contributed by atoms with Crippen molar-refractivity contribution in [3.05, 3.63) is 47.1 Å². The second kappa shape index (κ2) is 8.27. The van der Waals surface area contributed by atoms with E-state index in [4.69, 9.17) is 14.0 Å². The quantitative estimate of drug-likeness (QED) is 0.548. The largest absolute Gasteiger partial charge is 0.497 e. The molecule has 9 heteroatoms. The zero-order chi connectivity index (χ0) is 21.1. The molecule has 30 heavy (non-hydrogen) atoms. The molecule has 1 amide bonds. The number of nitrogens with one attached hydrogen (secondary N) is 1. The summed E-state index contributed by atoms with van der Waals surface area (Å²) >= 11 is 1.27. The maximum Gasteiger partial charge on any atom is 0.311 e. The number of nitrogens with zero attached hydrogens (tertiary/aromatic N) is 2. The van der Waals surface area contributed by atoms with Crippen LogP contribution < -0.4 is 10.1 Å². The maximum atomic E-state index is 12.9. The van der Waals surface area contributed by atoms with Gasteiger partial charge in [0.05, 0.1) is 36.9 Å². The first kappa shape index (κ1) is 20.1. The molecule has 3 aromatic rings. The molecule has 156 valence electrons. The van der Waals surface area contributed by atoms with E-state index >= 15 is 0 Å². The highest BCUT2D eigenvalue weighted by Crippen LogP contribution is 2.49. The Morgan fingerprint density at radius 2 is 2.13 bits per heavy atom. The number of rotatable bonds is 8. The third kappa shape index (κ3) is 4.06. The molecule has 2 heterocycles. The number of anilines is 1. The van der Waals surface area contributed by atoms with E-state index in [0.29, 0.717) is 47.5 Å². The molecular weight excluding hydrogens is 406 g/mol. The molecule has 1 aromatic carbocycles. The highest BCUT2D eigenvalue weighted by molar-refractivity contribution is 7.14. The molecule has 0 atom stereocenters. The fraction of sp³-hybridized carbons (Fsp3) is 0.333. The van der Waals surface area contributed by atoms with Crippen LogP contribution in [0.4, 0.5) is 5.13 Å². The predicted octanol–water partition coefficient (Wildman–Crippen LogP) is 3.58. The second-order valence-electron chi connectivity index (χ2n) is 6.97. The lowest BCUT2D eigenvalue weighted by molar-refractivity contribution is -0.142. The highest BCUT2D eigenvalue weighted by Gasteiger charge is 2.54. The van der Waals surface area contributed by atoms with Crippen LogP contribution in [0.1, 0.15) is 31.2 Å². The molecule has 0 unspecified atom stereocenters. The van der Waals surface area contributed by atoms with E-state index in [1.165, 1.54) is 11.3 Å². The van der Waals surface area contributed by atoms with E-state index in [1.807, 2.05) is 24.3 Å². The van der Waals surface area contributed by atoms with Gasteiger partial charge in [-0.25, -0.2) is 4.98 Å². The molecule has 1 N–H and O–H groups in total. The van der Waals surface area contributed by atoms with Gasteiger partial charge in [0.15, 0.2) is 10.9 Å². The number of carbonyl (C=O) groups excluding carboxylic acids is 2. The van der Waals surface area contributed by atoms with Gasteiger partial charge in [-0.05, 0) is 31.9 Å². The first-order chi connectivity index (χ1) is 14.5. The SMILES string of the molecule is CCOC(=O)Cc1csc(NC(=O)C2(c3cc(-c4cccc(OC)c4)on3)CC2)n1. The Labute approximate surface area is 177 Å². The molecule has 0 radical (unpaired) electrons. The maximum absolute atomic E-state index is 12.9. The number of hydrogen-bond acceptors (Lipinski definition) is 8. The van der Waals surface area contributed by atoms with E-state index in [2.05, 4.69) is 15.5 Å². The Balaban J connectivity index is 1.46. The molecule has 8 nitrogen and oxygen atoms in total. The predicted molar refractivity (Wildman–Crippen MR) is 110 cm³/mol. The molecule has 1 aliphatic carbocycles. The fourth-order valence-corrected chi connectivity index (χ4v) is 3.87. The number of ether oxygens (including phenoxy) is 2. The second-order valence-corrected chi connectivity index (χ2v) is 7.83. The molecule has 4 rings (SSSR count). The highest BCUT2D eigenvalue weighted by atomic mass is 32.1. The summed E-state index contributed by atoms with van der Waals surface area (Å²) in [6.45, 7) is 2.08. The standard InChI is InChI=1S/C21H21N3O5S/c1-3-28-18(25)10-14-12-30-20(22-14)23-19(26)21(7-8-21)17-11-16(29-24-17)13-5-4-6-15(9-13)27-2/h4-6,9,11-12H,3,7-8,10H2,1-2H3,(H,22,23,26). The summed E-state index contributed by atoms with van der Waals surface area (Å²) in [6, 6.07) is 9.26. The van der Waals surface area contributed by atoms with Crippen LogP contribution in [0.2, 0.25) is 0 Å². The average Bonchev–Trinajstić information content (AvgIpc) is 3.20. The van der Waals surface area contributed by atoms with Crippen LogP contribution in [-0.2, 0) is 26.2 Å². The molecule has 0 aliphatic heterocycles. The van der Waals surface area contributed by atoms with E-state index < -0.39 is 5.41 Å². The van der Waals surface area contributed by atoms with E-state index in [0.717, 1.165) is 5.56 Å². The van der Waals surface area contributed by atoms with Gasteiger partial charge in [0.2, 0.25) is 5.91 Å². The molecule has 0 saturated heterocycles. The zero-order valence-corrected chi connectivity index (χ0v) is 17.5. The zero-order valence-electron chi connectivity index (χ0n) is 16.6. The summed E-state index contributed by atoms with van der Waals surface area (Å²) in [5, 5.41) is 9.19. The lowest BCUT2D eigenvalue weighted by Crippen LogP contribution is -2.28. The minimum Gasteiger partial charge on any atom is -0.497 e. The first-order valence-electron chi connectivity index (χ1n) is 9.57. The van der Waals surface area contributed by atoms with Crippen molar-refractivity contribution >= 4 is 28.3 Å². The van der Waals surface area contributed by atoms with Crippen molar-refractivity contribution in [2.24, 2.45) is 0 Å². The number of amides is 1. The minimum absolute atomic E-state index is 0.0819. The summed E-state index contributed by atoms with van der Waals surface area (Å²) < 4.78 is 15.7. The van der Waals surface area contributed by atoms with Crippen LogP contribution in [0.15, 0.2) is 40.2 Å². The molecular formula is C21H21N3O5S. The molecule has 0 spiro atoms. The van der Waals surface area contributed by atoms with Gasteiger partial charge >= 0.3 is 5.97 Å². The molecule has 0 bridgehead atoms. The number of hydrogen-bond donors (Lipinski definition) is 1. The van der Waals surface area contributed by atoms with Crippen molar-refractivity contribution in [1.29, 1.82) is 0 Å². The summed E-state index contributed by atoms with van der Waals surface area (Å²) in [7, 11) is 1.60. The first-order valence-corrected chi connectivity index (χ1v) is 10.4. The minimum atomic E-state index is -0.715. The Bertz CT molecular complexity index is 1070. The van der Waals surface area contributed by atoms with Crippen molar-refractivity contribution in [2.75, 3.05) is 19.0 Å². The fourth-order valence-electron chi connectivity index (χ4n) is 3.16. The average molecular weight is 427 g/mol. The Morgan fingerprint density at radius 1 is 1.30 bits per heavy atom. The van der Waals surface area contributed by atoms with Crippen molar-refractivity contribution in [3.8, 4) is 17.1 Å². The Hall–Kier alpha value is -3.20. The summed E-state index contributed by atoms with van der Waals surface area (Å²) in [4.78, 5) is 28.8.